The van der Waals surface area contributed by atoms with E-state index in [2.05, 4.69) is 18.8 Å². The van der Waals surface area contributed by atoms with Crippen molar-refractivity contribution < 1.29 is 9.90 Å². The summed E-state index contributed by atoms with van der Waals surface area (Å²) in [5.41, 5.74) is 0.976. The molecule has 15 heavy (non-hydrogen) atoms. The molecule has 0 spiro atoms. The zero-order valence-corrected chi connectivity index (χ0v) is 9.75. The summed E-state index contributed by atoms with van der Waals surface area (Å²) in [7, 11) is 0. The predicted octanol–water partition coefficient (Wildman–Crippen LogP) is 2.81. The molecule has 3 nitrogen and oxygen atoms in total. The van der Waals surface area contributed by atoms with Gasteiger partial charge in [0.1, 0.15) is 0 Å². The van der Waals surface area contributed by atoms with Crippen LogP contribution in [0.25, 0.3) is 0 Å². The molecular formula is C11H15NO2S. The lowest BCUT2D eigenvalue weighted by Gasteiger charge is -2.09. The summed E-state index contributed by atoms with van der Waals surface area (Å²) in [6, 6.07) is 3.60. The van der Waals surface area contributed by atoms with Crippen molar-refractivity contribution in [1.29, 1.82) is 0 Å². The number of aromatic nitrogens is 1. The zero-order chi connectivity index (χ0) is 11.3. The number of pyridine rings is 1. The molecule has 82 valence electrons. The minimum atomic E-state index is -0.949. The molecule has 1 atom stereocenters. The fourth-order valence-electron chi connectivity index (χ4n) is 1.10. The molecule has 0 amide bonds. The van der Waals surface area contributed by atoms with Gasteiger partial charge in [-0.15, -0.1) is 0 Å². The normalized spacial score (nSPS) is 12.4. The van der Waals surface area contributed by atoms with E-state index in [1.165, 1.54) is 6.20 Å². The largest absolute Gasteiger partial charge is 0.477 e. The van der Waals surface area contributed by atoms with Crippen molar-refractivity contribution in [2.45, 2.75) is 31.3 Å². The summed E-state index contributed by atoms with van der Waals surface area (Å²) < 4.78 is 0. The Kier molecular flexibility index (Phi) is 4.62. The van der Waals surface area contributed by atoms with Gasteiger partial charge in [-0.25, -0.2) is 9.78 Å². The lowest BCUT2D eigenvalue weighted by molar-refractivity contribution is 0.0689. The molecule has 0 radical (unpaired) electrons. The molecule has 0 saturated heterocycles. The molecule has 4 heteroatoms. The van der Waals surface area contributed by atoms with Gasteiger partial charge in [0.15, 0.2) is 5.69 Å². The van der Waals surface area contributed by atoms with Crippen molar-refractivity contribution in [2.75, 3.05) is 0 Å². The highest BCUT2D eigenvalue weighted by molar-refractivity contribution is 7.99. The molecule has 1 unspecified atom stereocenters. The van der Waals surface area contributed by atoms with Crippen molar-refractivity contribution in [1.82, 2.24) is 4.98 Å². The van der Waals surface area contributed by atoms with Crippen molar-refractivity contribution in [3.63, 3.8) is 0 Å². The van der Waals surface area contributed by atoms with E-state index in [9.17, 15) is 4.79 Å². The second kappa shape index (κ2) is 5.75. The predicted molar refractivity (Wildman–Crippen MR) is 62.2 cm³/mol. The molecule has 1 aromatic heterocycles. The van der Waals surface area contributed by atoms with Gasteiger partial charge in [-0.05, 0) is 18.1 Å². The number of hydrogen-bond acceptors (Lipinski definition) is 3. The number of rotatable bonds is 5. The second-order valence-electron chi connectivity index (χ2n) is 3.35. The molecule has 0 aliphatic carbocycles. The molecule has 0 aliphatic heterocycles. The number of aromatic carboxylic acids is 1. The van der Waals surface area contributed by atoms with Gasteiger partial charge in [-0.1, -0.05) is 19.9 Å². The molecule has 0 fully saturated rings. The third-order valence-electron chi connectivity index (χ3n) is 2.19. The summed E-state index contributed by atoms with van der Waals surface area (Å²) >= 11 is 1.76. The van der Waals surface area contributed by atoms with Crippen LogP contribution in [0.2, 0.25) is 0 Å². The first-order valence-corrected chi connectivity index (χ1v) is 5.98. The Bertz CT molecular complexity index is 341. The van der Waals surface area contributed by atoms with Gasteiger partial charge in [0.2, 0.25) is 0 Å². The van der Waals surface area contributed by atoms with Crippen LogP contribution in [0, 0.1) is 0 Å². The van der Waals surface area contributed by atoms with Crippen LogP contribution in [0.4, 0.5) is 0 Å². The fraction of sp³-hybridized carbons (Fsp3) is 0.455. The summed E-state index contributed by atoms with van der Waals surface area (Å²) in [5.74, 6) is -0.236. The zero-order valence-electron chi connectivity index (χ0n) is 8.93. The Hall–Kier alpha value is -1.03. The monoisotopic (exact) mass is 225 g/mol. The van der Waals surface area contributed by atoms with Crippen LogP contribution in [0.3, 0.4) is 0 Å². The van der Waals surface area contributed by atoms with E-state index in [0.717, 1.165) is 12.0 Å². The van der Waals surface area contributed by atoms with Crippen molar-refractivity contribution in [2.24, 2.45) is 0 Å². The molecule has 1 aromatic rings. The van der Waals surface area contributed by atoms with E-state index in [1.807, 2.05) is 6.07 Å². The van der Waals surface area contributed by atoms with Crippen LogP contribution >= 0.6 is 11.8 Å². The lowest BCUT2D eigenvalue weighted by Crippen LogP contribution is -2.05. The van der Waals surface area contributed by atoms with E-state index in [0.29, 0.717) is 11.0 Å². The van der Waals surface area contributed by atoms with Crippen molar-refractivity contribution in [3.05, 3.63) is 29.6 Å². The van der Waals surface area contributed by atoms with Crippen LogP contribution in [-0.4, -0.2) is 21.3 Å². The van der Waals surface area contributed by atoms with Gasteiger partial charge in [-0.2, -0.15) is 11.8 Å². The smallest absolute Gasteiger partial charge is 0.354 e. The minimum absolute atomic E-state index is 0.174. The number of carboxylic acid groups (broad SMARTS) is 1. The molecule has 1 rings (SSSR count). The highest BCUT2D eigenvalue weighted by atomic mass is 32.2. The number of nitrogens with zero attached hydrogens (tertiary/aromatic N) is 1. The minimum Gasteiger partial charge on any atom is -0.477 e. The standard InChI is InChI=1S/C11H15NO2S/c1-3-8(2)15-7-9-5-4-6-12-10(9)11(13)14/h4-6,8H,3,7H2,1-2H3,(H,13,14). The first-order valence-electron chi connectivity index (χ1n) is 4.94. The fourth-order valence-corrected chi connectivity index (χ4v) is 2.03. The van der Waals surface area contributed by atoms with Crippen molar-refractivity contribution >= 4 is 17.7 Å². The van der Waals surface area contributed by atoms with Crippen LogP contribution in [-0.2, 0) is 5.75 Å². The highest BCUT2D eigenvalue weighted by Crippen LogP contribution is 2.21. The second-order valence-corrected chi connectivity index (χ2v) is 4.77. The number of carbonyl (C=O) groups is 1. The maximum absolute atomic E-state index is 10.9. The molecule has 1 heterocycles. The Balaban J connectivity index is 2.72. The maximum atomic E-state index is 10.9. The van der Waals surface area contributed by atoms with Gasteiger partial charge in [0.25, 0.3) is 0 Å². The summed E-state index contributed by atoms with van der Waals surface area (Å²) in [4.78, 5) is 14.7. The summed E-state index contributed by atoms with van der Waals surface area (Å²) in [6.07, 6.45) is 2.61. The Morgan fingerprint density at radius 3 is 3.00 bits per heavy atom. The van der Waals surface area contributed by atoms with Gasteiger partial charge in [0, 0.05) is 17.2 Å². The first-order chi connectivity index (χ1) is 7.15. The van der Waals surface area contributed by atoms with Gasteiger partial charge >= 0.3 is 5.97 Å². The summed E-state index contributed by atoms with van der Waals surface area (Å²) in [6.45, 7) is 4.26. The van der Waals surface area contributed by atoms with Gasteiger partial charge in [0.05, 0.1) is 0 Å². The van der Waals surface area contributed by atoms with Crippen molar-refractivity contribution in [3.8, 4) is 0 Å². The van der Waals surface area contributed by atoms with E-state index in [1.54, 1.807) is 17.8 Å². The van der Waals surface area contributed by atoms with Crippen LogP contribution in [0.15, 0.2) is 18.3 Å². The first kappa shape index (κ1) is 12.0. The number of hydrogen-bond donors (Lipinski definition) is 1. The molecule has 1 N–H and O–H groups in total. The molecule has 0 aliphatic rings. The third-order valence-corrected chi connectivity index (χ3v) is 3.57. The quantitative estimate of drug-likeness (QED) is 0.837. The summed E-state index contributed by atoms with van der Waals surface area (Å²) in [5, 5.41) is 9.46. The Labute approximate surface area is 93.9 Å². The molecule has 0 saturated carbocycles. The Morgan fingerprint density at radius 2 is 2.40 bits per heavy atom. The maximum Gasteiger partial charge on any atom is 0.354 e. The lowest BCUT2D eigenvalue weighted by atomic mass is 10.2. The number of thioether (sulfide) groups is 1. The van der Waals surface area contributed by atoms with Crippen LogP contribution < -0.4 is 0 Å². The van der Waals surface area contributed by atoms with Gasteiger partial charge in [-0.3, -0.25) is 0 Å². The van der Waals surface area contributed by atoms with Crippen LogP contribution in [0.5, 0.6) is 0 Å². The SMILES string of the molecule is CCC(C)SCc1cccnc1C(=O)O. The number of carboxylic acids is 1. The Morgan fingerprint density at radius 1 is 1.67 bits per heavy atom. The van der Waals surface area contributed by atoms with Crippen LogP contribution in [0.1, 0.15) is 36.3 Å². The van der Waals surface area contributed by atoms with E-state index >= 15 is 0 Å². The van der Waals surface area contributed by atoms with E-state index < -0.39 is 5.97 Å². The third kappa shape index (κ3) is 3.55. The average molecular weight is 225 g/mol. The average Bonchev–Trinajstić information content (AvgIpc) is 2.26. The van der Waals surface area contributed by atoms with E-state index in [-0.39, 0.29) is 5.69 Å². The highest BCUT2D eigenvalue weighted by Gasteiger charge is 2.11. The molecule has 0 bridgehead atoms. The van der Waals surface area contributed by atoms with E-state index in [4.69, 9.17) is 5.11 Å². The topological polar surface area (TPSA) is 50.2 Å². The molecule has 0 aromatic carbocycles. The molecular weight excluding hydrogens is 210 g/mol. The van der Waals surface area contributed by atoms with Gasteiger partial charge < -0.3 is 5.11 Å².